The fourth-order valence-corrected chi connectivity index (χ4v) is 3.12. The van der Waals surface area contributed by atoms with Crippen molar-refractivity contribution in [2.75, 3.05) is 26.7 Å². The molecule has 1 heterocycles. The molecule has 0 saturated carbocycles. The Hall–Kier alpha value is -2.81. The van der Waals surface area contributed by atoms with E-state index in [2.05, 4.69) is 5.32 Å². The van der Waals surface area contributed by atoms with Crippen LogP contribution in [-0.2, 0) is 16.0 Å². The Labute approximate surface area is 150 Å². The number of nitrogens with zero attached hydrogens (tertiary/aromatic N) is 1. The number of piperidine rings is 1. The molecule has 1 aromatic carbocycles. The predicted molar refractivity (Wildman–Crippen MR) is 90.0 cm³/mol. The summed E-state index contributed by atoms with van der Waals surface area (Å²) in [5.41, 5.74) is -0.941. The van der Waals surface area contributed by atoms with Gasteiger partial charge < -0.3 is 30.3 Å². The van der Waals surface area contributed by atoms with Crippen LogP contribution in [-0.4, -0.2) is 71.0 Å². The molecule has 9 nitrogen and oxygen atoms in total. The number of benzene rings is 1. The van der Waals surface area contributed by atoms with Crippen molar-refractivity contribution in [3.05, 3.63) is 29.8 Å². The number of carbonyl (C=O) groups is 3. The number of rotatable bonds is 6. The zero-order chi connectivity index (χ0) is 19.3. The van der Waals surface area contributed by atoms with E-state index in [1.165, 1.54) is 12.0 Å². The van der Waals surface area contributed by atoms with Crippen LogP contribution in [0.2, 0.25) is 0 Å². The van der Waals surface area contributed by atoms with Gasteiger partial charge in [0.25, 0.3) is 0 Å². The minimum absolute atomic E-state index is 0.00338. The molecular formula is C17H22N2O7. The molecule has 2 rings (SSSR count). The molecule has 0 spiro atoms. The van der Waals surface area contributed by atoms with E-state index in [0.29, 0.717) is 11.3 Å². The first kappa shape index (κ1) is 19.5. The van der Waals surface area contributed by atoms with Crippen LogP contribution >= 0.6 is 0 Å². The Morgan fingerprint density at radius 1 is 1.35 bits per heavy atom. The molecule has 2 atom stereocenters. The summed E-state index contributed by atoms with van der Waals surface area (Å²) in [5, 5.41) is 31.1. The second kappa shape index (κ2) is 8.05. The summed E-state index contributed by atoms with van der Waals surface area (Å²) < 4.78 is 5.14. The van der Waals surface area contributed by atoms with Crippen LogP contribution in [0, 0.1) is 5.41 Å². The lowest BCUT2D eigenvalue weighted by Crippen LogP contribution is -2.60. The second-order valence-electron chi connectivity index (χ2n) is 6.27. The maximum absolute atomic E-state index is 12.1. The summed E-state index contributed by atoms with van der Waals surface area (Å²) in [6.07, 6.45) is -1.06. The molecule has 0 bridgehead atoms. The Bertz CT molecular complexity index is 693. The fraction of sp³-hybridized carbons (Fsp3) is 0.471. The molecule has 4 N–H and O–H groups in total. The molecule has 0 aliphatic carbocycles. The van der Waals surface area contributed by atoms with Gasteiger partial charge in [-0.3, -0.25) is 9.59 Å². The van der Waals surface area contributed by atoms with Gasteiger partial charge in [0.05, 0.1) is 13.2 Å². The van der Waals surface area contributed by atoms with E-state index in [1.807, 2.05) is 0 Å². The van der Waals surface area contributed by atoms with Gasteiger partial charge in [0.2, 0.25) is 0 Å². The standard InChI is InChI=1S/C17H22N2O7/c1-26-12-4-2-3-11(7-12)8-17(15(23)24)10-19(6-5-13(17)20)16(25)18-9-14(21)22/h2-4,7,13,20H,5-6,8-10H2,1H3,(H,18,25)(H,21,22)(H,23,24)/t13-,17+/m0/s1. The molecule has 142 valence electrons. The van der Waals surface area contributed by atoms with Crippen molar-refractivity contribution in [1.82, 2.24) is 10.2 Å². The third-order valence-corrected chi connectivity index (χ3v) is 4.54. The first-order chi connectivity index (χ1) is 12.3. The quantitative estimate of drug-likeness (QED) is 0.563. The highest BCUT2D eigenvalue weighted by molar-refractivity contribution is 5.82. The maximum atomic E-state index is 12.1. The van der Waals surface area contributed by atoms with Crippen molar-refractivity contribution in [3.63, 3.8) is 0 Å². The van der Waals surface area contributed by atoms with Crippen LogP contribution < -0.4 is 10.1 Å². The van der Waals surface area contributed by atoms with Crippen molar-refractivity contribution in [2.24, 2.45) is 5.41 Å². The van der Waals surface area contributed by atoms with Gasteiger partial charge in [-0.2, -0.15) is 0 Å². The lowest BCUT2D eigenvalue weighted by molar-refractivity contribution is -0.161. The molecule has 1 aliphatic rings. The van der Waals surface area contributed by atoms with E-state index < -0.39 is 36.0 Å². The lowest BCUT2D eigenvalue weighted by atomic mass is 9.73. The smallest absolute Gasteiger partial charge is 0.323 e. The fourth-order valence-electron chi connectivity index (χ4n) is 3.12. The topological polar surface area (TPSA) is 136 Å². The summed E-state index contributed by atoms with van der Waals surface area (Å²) in [7, 11) is 1.50. The summed E-state index contributed by atoms with van der Waals surface area (Å²) in [5.74, 6) is -1.86. The highest BCUT2D eigenvalue weighted by Crippen LogP contribution is 2.35. The van der Waals surface area contributed by atoms with Gasteiger partial charge in [0, 0.05) is 13.1 Å². The van der Waals surface area contributed by atoms with Gasteiger partial charge in [-0.15, -0.1) is 0 Å². The number of amides is 2. The van der Waals surface area contributed by atoms with Gasteiger partial charge in [-0.1, -0.05) is 12.1 Å². The van der Waals surface area contributed by atoms with E-state index in [9.17, 15) is 24.6 Å². The minimum Gasteiger partial charge on any atom is -0.497 e. The summed E-state index contributed by atoms with van der Waals surface area (Å²) in [6.45, 7) is -0.653. The van der Waals surface area contributed by atoms with Crippen LogP contribution in [0.4, 0.5) is 4.79 Å². The molecule has 1 saturated heterocycles. The molecule has 9 heteroatoms. The van der Waals surface area contributed by atoms with E-state index in [-0.39, 0.29) is 25.9 Å². The van der Waals surface area contributed by atoms with E-state index >= 15 is 0 Å². The SMILES string of the molecule is COc1cccc(C[C@@]2(C(=O)O)CN(C(=O)NCC(=O)O)CC[C@@H]2O)c1. The third kappa shape index (κ3) is 4.23. The van der Waals surface area contributed by atoms with Crippen LogP contribution in [0.5, 0.6) is 5.75 Å². The first-order valence-electron chi connectivity index (χ1n) is 8.07. The zero-order valence-electron chi connectivity index (χ0n) is 14.3. The van der Waals surface area contributed by atoms with Gasteiger partial charge >= 0.3 is 18.0 Å². The van der Waals surface area contributed by atoms with Crippen LogP contribution in [0.3, 0.4) is 0 Å². The zero-order valence-corrected chi connectivity index (χ0v) is 14.3. The Balaban J connectivity index is 2.24. The minimum atomic E-state index is -1.59. The number of aliphatic hydroxyl groups excluding tert-OH is 1. The molecule has 0 aromatic heterocycles. The molecule has 1 aromatic rings. The van der Waals surface area contributed by atoms with Gasteiger partial charge in [0.1, 0.15) is 17.7 Å². The number of aliphatic hydroxyl groups is 1. The molecule has 1 fully saturated rings. The maximum Gasteiger partial charge on any atom is 0.323 e. The normalized spacial score (nSPS) is 22.5. The Morgan fingerprint density at radius 3 is 2.69 bits per heavy atom. The van der Waals surface area contributed by atoms with Crippen molar-refractivity contribution in [2.45, 2.75) is 18.9 Å². The van der Waals surface area contributed by atoms with Crippen molar-refractivity contribution in [1.29, 1.82) is 0 Å². The molecule has 0 unspecified atom stereocenters. The van der Waals surface area contributed by atoms with E-state index in [1.54, 1.807) is 24.3 Å². The predicted octanol–water partition coefficient (Wildman–Crippen LogP) is 0.170. The second-order valence-corrected chi connectivity index (χ2v) is 6.27. The number of carbonyl (C=O) groups excluding carboxylic acids is 1. The third-order valence-electron chi connectivity index (χ3n) is 4.54. The van der Waals surface area contributed by atoms with Crippen LogP contribution in [0.25, 0.3) is 0 Å². The van der Waals surface area contributed by atoms with Crippen LogP contribution in [0.15, 0.2) is 24.3 Å². The summed E-state index contributed by atoms with van der Waals surface area (Å²) in [6, 6.07) is 6.18. The number of ether oxygens (including phenoxy) is 1. The number of methoxy groups -OCH3 is 1. The van der Waals surface area contributed by atoms with Gasteiger partial charge in [0.15, 0.2) is 0 Å². The van der Waals surface area contributed by atoms with Gasteiger partial charge in [-0.05, 0) is 30.5 Å². The summed E-state index contributed by atoms with van der Waals surface area (Å²) in [4.78, 5) is 36.0. The molecule has 0 radical (unpaired) electrons. The average Bonchev–Trinajstić information content (AvgIpc) is 2.61. The van der Waals surface area contributed by atoms with E-state index in [4.69, 9.17) is 9.84 Å². The average molecular weight is 366 g/mol. The number of urea groups is 1. The number of aliphatic carboxylic acids is 2. The van der Waals surface area contributed by atoms with Crippen molar-refractivity contribution >= 4 is 18.0 Å². The molecule has 26 heavy (non-hydrogen) atoms. The van der Waals surface area contributed by atoms with Crippen LogP contribution in [0.1, 0.15) is 12.0 Å². The number of hydrogen-bond acceptors (Lipinski definition) is 5. The molecular weight excluding hydrogens is 344 g/mol. The first-order valence-corrected chi connectivity index (χ1v) is 8.07. The molecule has 2 amide bonds. The molecule has 1 aliphatic heterocycles. The number of likely N-dealkylation sites (tertiary alicyclic amines) is 1. The summed E-state index contributed by atoms with van der Waals surface area (Å²) >= 11 is 0. The monoisotopic (exact) mass is 366 g/mol. The Kier molecular flexibility index (Phi) is 6.04. The highest BCUT2D eigenvalue weighted by atomic mass is 16.5. The van der Waals surface area contributed by atoms with Crippen molar-refractivity contribution < 1.29 is 34.4 Å². The number of carboxylic acid groups (broad SMARTS) is 2. The number of carboxylic acids is 2. The van der Waals surface area contributed by atoms with Crippen molar-refractivity contribution in [3.8, 4) is 5.75 Å². The van der Waals surface area contributed by atoms with E-state index in [0.717, 1.165) is 0 Å². The largest absolute Gasteiger partial charge is 0.497 e. The Morgan fingerprint density at radius 2 is 2.08 bits per heavy atom. The number of hydrogen-bond donors (Lipinski definition) is 4. The highest BCUT2D eigenvalue weighted by Gasteiger charge is 2.50. The number of nitrogens with one attached hydrogen (secondary N) is 1. The van der Waals surface area contributed by atoms with Gasteiger partial charge in [-0.25, -0.2) is 4.79 Å². The lowest BCUT2D eigenvalue weighted by Gasteiger charge is -2.43.